The van der Waals surface area contributed by atoms with Crippen LogP contribution in [0.4, 0.5) is 10.5 Å². The molecule has 1 aromatic carbocycles. The molecule has 30 heavy (non-hydrogen) atoms. The second-order valence-corrected chi connectivity index (χ2v) is 9.72. The molecule has 1 aliphatic rings. The monoisotopic (exact) mass is 450 g/mol. The standard InChI is InChI=1S/C19H22N4O5S2/c1-14(18(24)22-19(25)21-15-5-3-2-4-6-15)29-17-8-7-16(13-20-17)30(26,27)23-9-11-28-12-10-23/h2-8,13-14H,9-12H2,1H3,(H2,21,22,24,25). The minimum absolute atomic E-state index is 0.0908. The van der Waals surface area contributed by atoms with Crippen molar-refractivity contribution < 1.29 is 22.7 Å². The second-order valence-electron chi connectivity index (χ2n) is 6.42. The number of ether oxygens (including phenoxy) is 1. The Morgan fingerprint density at radius 1 is 1.13 bits per heavy atom. The van der Waals surface area contributed by atoms with E-state index in [4.69, 9.17) is 4.74 Å². The average Bonchev–Trinajstić information content (AvgIpc) is 2.75. The van der Waals surface area contributed by atoms with Gasteiger partial charge in [0.15, 0.2) is 0 Å². The number of benzene rings is 1. The molecule has 2 N–H and O–H groups in total. The summed E-state index contributed by atoms with van der Waals surface area (Å²) in [5.74, 6) is -0.486. The van der Waals surface area contributed by atoms with Crippen molar-refractivity contribution >= 4 is 39.4 Å². The lowest BCUT2D eigenvalue weighted by Gasteiger charge is -2.25. The summed E-state index contributed by atoms with van der Waals surface area (Å²) >= 11 is 1.12. The third-order valence-electron chi connectivity index (χ3n) is 4.25. The fraction of sp³-hybridized carbons (Fsp3) is 0.316. The Balaban J connectivity index is 1.55. The lowest BCUT2D eigenvalue weighted by Crippen LogP contribution is -2.40. The Morgan fingerprint density at radius 3 is 2.47 bits per heavy atom. The molecule has 160 valence electrons. The van der Waals surface area contributed by atoms with Crippen LogP contribution in [0.25, 0.3) is 0 Å². The van der Waals surface area contributed by atoms with Crippen LogP contribution < -0.4 is 10.6 Å². The summed E-state index contributed by atoms with van der Waals surface area (Å²) < 4.78 is 31.8. The van der Waals surface area contributed by atoms with E-state index in [1.165, 1.54) is 16.6 Å². The lowest BCUT2D eigenvalue weighted by atomic mass is 10.3. The number of nitrogens with zero attached hydrogens (tertiary/aromatic N) is 2. The molecule has 1 fully saturated rings. The zero-order chi connectivity index (χ0) is 21.6. The molecule has 1 atom stereocenters. The van der Waals surface area contributed by atoms with Crippen LogP contribution >= 0.6 is 11.8 Å². The van der Waals surface area contributed by atoms with Crippen LogP contribution in [0, 0.1) is 0 Å². The van der Waals surface area contributed by atoms with Gasteiger partial charge in [-0.15, -0.1) is 0 Å². The Hall–Kier alpha value is -2.47. The number of aromatic nitrogens is 1. The summed E-state index contributed by atoms with van der Waals surface area (Å²) in [4.78, 5) is 28.4. The number of urea groups is 1. The molecule has 0 saturated carbocycles. The quantitative estimate of drug-likeness (QED) is 0.646. The van der Waals surface area contributed by atoms with Crippen LogP contribution in [0.5, 0.6) is 0 Å². The molecule has 11 heteroatoms. The number of hydrogen-bond donors (Lipinski definition) is 2. The SMILES string of the molecule is CC(Sc1ccc(S(=O)(=O)N2CCOCC2)cn1)C(=O)NC(=O)Nc1ccccc1. The number of imide groups is 1. The number of anilines is 1. The maximum absolute atomic E-state index is 12.6. The Bertz CT molecular complexity index is 978. The van der Waals surface area contributed by atoms with Crippen molar-refractivity contribution in [2.45, 2.75) is 22.1 Å². The largest absolute Gasteiger partial charge is 0.379 e. The second kappa shape index (κ2) is 10.0. The number of amides is 3. The summed E-state index contributed by atoms with van der Waals surface area (Å²) in [6, 6.07) is 11.2. The van der Waals surface area contributed by atoms with Gasteiger partial charge in [0.25, 0.3) is 0 Å². The van der Waals surface area contributed by atoms with Gasteiger partial charge in [0.05, 0.1) is 23.5 Å². The number of sulfonamides is 1. The zero-order valence-corrected chi connectivity index (χ0v) is 17.9. The highest BCUT2D eigenvalue weighted by molar-refractivity contribution is 8.00. The van der Waals surface area contributed by atoms with Crippen molar-refractivity contribution in [3.63, 3.8) is 0 Å². The van der Waals surface area contributed by atoms with E-state index in [1.807, 2.05) is 6.07 Å². The van der Waals surface area contributed by atoms with Crippen molar-refractivity contribution in [3.8, 4) is 0 Å². The molecule has 0 bridgehead atoms. The van der Waals surface area contributed by atoms with Gasteiger partial charge in [-0.2, -0.15) is 4.31 Å². The number of hydrogen-bond acceptors (Lipinski definition) is 7. The summed E-state index contributed by atoms with van der Waals surface area (Å²) in [6.07, 6.45) is 1.28. The minimum atomic E-state index is -3.62. The molecular weight excluding hydrogens is 428 g/mol. The minimum Gasteiger partial charge on any atom is -0.379 e. The predicted molar refractivity (Wildman–Crippen MR) is 113 cm³/mol. The van der Waals surface area contributed by atoms with E-state index < -0.39 is 27.2 Å². The number of pyridine rings is 1. The van der Waals surface area contributed by atoms with E-state index in [0.29, 0.717) is 37.0 Å². The zero-order valence-electron chi connectivity index (χ0n) is 16.3. The van der Waals surface area contributed by atoms with Crippen LogP contribution in [-0.2, 0) is 19.6 Å². The van der Waals surface area contributed by atoms with Crippen molar-refractivity contribution in [3.05, 3.63) is 48.7 Å². The normalized spacial score (nSPS) is 15.9. The fourth-order valence-electron chi connectivity index (χ4n) is 2.66. The maximum Gasteiger partial charge on any atom is 0.325 e. The Labute approximate surface area is 179 Å². The summed E-state index contributed by atoms with van der Waals surface area (Å²) in [7, 11) is -3.62. The van der Waals surface area contributed by atoms with Gasteiger partial charge in [0, 0.05) is 25.0 Å². The van der Waals surface area contributed by atoms with E-state index in [1.54, 1.807) is 37.3 Å². The molecule has 0 radical (unpaired) electrons. The number of para-hydroxylation sites is 1. The smallest absolute Gasteiger partial charge is 0.325 e. The molecule has 0 aliphatic carbocycles. The summed E-state index contributed by atoms with van der Waals surface area (Å²) in [6.45, 7) is 2.98. The van der Waals surface area contributed by atoms with Gasteiger partial charge < -0.3 is 10.1 Å². The van der Waals surface area contributed by atoms with Crippen molar-refractivity contribution in [2.24, 2.45) is 0 Å². The molecule has 2 heterocycles. The predicted octanol–water partition coefficient (Wildman–Crippen LogP) is 1.93. The molecule has 9 nitrogen and oxygen atoms in total. The van der Waals surface area contributed by atoms with Gasteiger partial charge in [-0.3, -0.25) is 10.1 Å². The topological polar surface area (TPSA) is 118 Å². The number of morpholine rings is 1. The third-order valence-corrected chi connectivity index (χ3v) is 7.18. The first-order valence-electron chi connectivity index (χ1n) is 9.24. The van der Waals surface area contributed by atoms with E-state index in [9.17, 15) is 18.0 Å². The number of rotatable bonds is 6. The number of nitrogens with one attached hydrogen (secondary N) is 2. The van der Waals surface area contributed by atoms with Crippen LogP contribution in [0.3, 0.4) is 0 Å². The molecule has 0 spiro atoms. The Kier molecular flexibility index (Phi) is 7.43. The van der Waals surface area contributed by atoms with Gasteiger partial charge in [-0.05, 0) is 31.2 Å². The van der Waals surface area contributed by atoms with Gasteiger partial charge in [0.2, 0.25) is 15.9 Å². The highest BCUT2D eigenvalue weighted by Gasteiger charge is 2.27. The van der Waals surface area contributed by atoms with Crippen molar-refractivity contribution in [2.75, 3.05) is 31.6 Å². The molecule has 2 aromatic rings. The van der Waals surface area contributed by atoms with Crippen molar-refractivity contribution in [1.82, 2.24) is 14.6 Å². The van der Waals surface area contributed by atoms with E-state index in [0.717, 1.165) is 11.8 Å². The molecule has 1 aromatic heterocycles. The van der Waals surface area contributed by atoms with Crippen LogP contribution in [0.15, 0.2) is 58.6 Å². The molecular formula is C19H22N4O5S2. The molecule has 1 aliphatic heterocycles. The van der Waals surface area contributed by atoms with Crippen LogP contribution in [0.1, 0.15) is 6.92 Å². The first kappa shape index (κ1) is 22.2. The van der Waals surface area contributed by atoms with Crippen LogP contribution in [-0.4, -0.2) is 61.2 Å². The number of thioether (sulfide) groups is 1. The van der Waals surface area contributed by atoms with Gasteiger partial charge in [-0.1, -0.05) is 30.0 Å². The molecule has 1 saturated heterocycles. The Morgan fingerprint density at radius 2 is 1.83 bits per heavy atom. The highest BCUT2D eigenvalue weighted by atomic mass is 32.2. The first-order chi connectivity index (χ1) is 14.4. The molecule has 1 unspecified atom stereocenters. The van der Waals surface area contributed by atoms with Gasteiger partial charge >= 0.3 is 6.03 Å². The first-order valence-corrected chi connectivity index (χ1v) is 11.6. The van der Waals surface area contributed by atoms with Crippen LogP contribution in [0.2, 0.25) is 0 Å². The highest BCUT2D eigenvalue weighted by Crippen LogP contribution is 2.23. The van der Waals surface area contributed by atoms with E-state index in [-0.39, 0.29) is 4.90 Å². The summed E-state index contributed by atoms with van der Waals surface area (Å²) in [5, 5.41) is 4.71. The number of carbonyl (C=O) groups is 2. The molecule has 3 amide bonds. The van der Waals surface area contributed by atoms with Gasteiger partial charge in [0.1, 0.15) is 4.90 Å². The average molecular weight is 451 g/mol. The molecule has 3 rings (SSSR count). The third kappa shape index (κ3) is 5.79. The fourth-order valence-corrected chi connectivity index (χ4v) is 4.80. The maximum atomic E-state index is 12.6. The summed E-state index contributed by atoms with van der Waals surface area (Å²) in [5.41, 5.74) is 0.571. The lowest BCUT2D eigenvalue weighted by molar-refractivity contribution is -0.119. The van der Waals surface area contributed by atoms with E-state index >= 15 is 0 Å². The van der Waals surface area contributed by atoms with E-state index in [2.05, 4.69) is 15.6 Å². The van der Waals surface area contributed by atoms with Crippen molar-refractivity contribution in [1.29, 1.82) is 0 Å². The number of carbonyl (C=O) groups excluding carboxylic acids is 2. The van der Waals surface area contributed by atoms with Gasteiger partial charge in [-0.25, -0.2) is 18.2 Å².